The zero-order valence-corrected chi connectivity index (χ0v) is 18.1. The standard InChI is InChI=1S/C19H18BrClFN5O3/c20-14-5-16-13(4-15(14)21)17(27-10-23-9-24-27)6-18(25-16)26-7-11(22)3-12(26)8-30-2-1-19(28)29/h4-6,9-12H,1-3,7-8H2,(H,28,29)/t11-,12+/m1/s1. The van der Waals surface area contributed by atoms with E-state index in [9.17, 15) is 9.18 Å². The lowest BCUT2D eigenvalue weighted by Gasteiger charge is -2.26. The van der Waals surface area contributed by atoms with Gasteiger partial charge < -0.3 is 14.7 Å². The fraction of sp³-hybridized carbons (Fsp3) is 0.368. The van der Waals surface area contributed by atoms with E-state index in [0.29, 0.717) is 20.8 Å². The highest BCUT2D eigenvalue weighted by atomic mass is 79.9. The average Bonchev–Trinajstić information content (AvgIpc) is 3.35. The Labute approximate surface area is 184 Å². The van der Waals surface area contributed by atoms with Crippen LogP contribution in [0.2, 0.25) is 5.02 Å². The summed E-state index contributed by atoms with van der Waals surface area (Å²) in [7, 11) is 0. The van der Waals surface area contributed by atoms with Crippen LogP contribution < -0.4 is 4.90 Å². The summed E-state index contributed by atoms with van der Waals surface area (Å²) in [5.41, 5.74) is 1.39. The second-order valence-corrected chi connectivity index (χ2v) is 8.24. The number of benzene rings is 1. The number of rotatable bonds is 7. The van der Waals surface area contributed by atoms with E-state index in [1.54, 1.807) is 17.1 Å². The number of carbonyl (C=O) groups is 1. The van der Waals surface area contributed by atoms with Gasteiger partial charge in [-0.05, 0) is 28.1 Å². The molecule has 0 aliphatic carbocycles. The molecule has 2 atom stereocenters. The molecule has 1 aliphatic rings. The number of carboxylic acid groups (broad SMARTS) is 1. The summed E-state index contributed by atoms with van der Waals surface area (Å²) in [6, 6.07) is 5.17. The molecule has 3 aromatic rings. The zero-order chi connectivity index (χ0) is 21.3. The number of carboxylic acids is 1. The van der Waals surface area contributed by atoms with Gasteiger partial charge in [-0.1, -0.05) is 11.6 Å². The molecule has 4 rings (SSSR count). The van der Waals surface area contributed by atoms with Crippen molar-refractivity contribution in [1.29, 1.82) is 0 Å². The Hall–Kier alpha value is -2.30. The summed E-state index contributed by atoms with van der Waals surface area (Å²) in [6.07, 6.45) is 2.17. The quantitative estimate of drug-likeness (QED) is 0.497. The number of nitrogens with zero attached hydrogens (tertiary/aromatic N) is 5. The van der Waals surface area contributed by atoms with E-state index >= 15 is 0 Å². The number of aromatic nitrogens is 4. The Morgan fingerprint density at radius 1 is 1.40 bits per heavy atom. The van der Waals surface area contributed by atoms with Gasteiger partial charge in [-0.15, -0.1) is 0 Å². The van der Waals surface area contributed by atoms with Gasteiger partial charge in [0.1, 0.15) is 24.6 Å². The largest absolute Gasteiger partial charge is 0.481 e. The Kier molecular flexibility index (Phi) is 6.16. The van der Waals surface area contributed by atoms with Gasteiger partial charge in [-0.2, -0.15) is 5.10 Å². The van der Waals surface area contributed by atoms with Crippen LogP contribution in [0.5, 0.6) is 0 Å². The topological polar surface area (TPSA) is 93.4 Å². The Morgan fingerprint density at radius 2 is 2.23 bits per heavy atom. The third-order valence-electron chi connectivity index (χ3n) is 4.91. The van der Waals surface area contributed by atoms with Crippen LogP contribution in [0.15, 0.2) is 35.3 Å². The average molecular weight is 499 g/mol. The first-order chi connectivity index (χ1) is 14.4. The van der Waals surface area contributed by atoms with Crippen LogP contribution in [0, 0.1) is 0 Å². The molecule has 1 aliphatic heterocycles. The summed E-state index contributed by atoms with van der Waals surface area (Å²) >= 11 is 9.71. The van der Waals surface area contributed by atoms with Gasteiger partial charge in [-0.3, -0.25) is 4.79 Å². The lowest BCUT2D eigenvalue weighted by Crippen LogP contribution is -2.34. The number of pyridine rings is 1. The minimum atomic E-state index is -1.03. The molecule has 11 heteroatoms. The molecule has 1 fully saturated rings. The molecule has 1 N–H and O–H groups in total. The van der Waals surface area contributed by atoms with Crippen molar-refractivity contribution in [2.45, 2.75) is 25.1 Å². The minimum absolute atomic E-state index is 0.0808. The highest BCUT2D eigenvalue weighted by Crippen LogP contribution is 2.34. The third-order valence-corrected chi connectivity index (χ3v) is 6.11. The van der Waals surface area contributed by atoms with Gasteiger partial charge in [0.05, 0.1) is 48.4 Å². The lowest BCUT2D eigenvalue weighted by atomic mass is 10.1. The fourth-order valence-corrected chi connectivity index (χ4v) is 4.03. The molecule has 2 aromatic heterocycles. The Bertz CT molecular complexity index is 1070. The van der Waals surface area contributed by atoms with E-state index in [0.717, 1.165) is 11.1 Å². The zero-order valence-electron chi connectivity index (χ0n) is 15.7. The van der Waals surface area contributed by atoms with Crippen molar-refractivity contribution < 1.29 is 19.0 Å². The molecule has 3 heterocycles. The van der Waals surface area contributed by atoms with E-state index in [1.807, 2.05) is 17.0 Å². The normalized spacial score (nSPS) is 19.0. The molecule has 1 saturated heterocycles. The summed E-state index contributed by atoms with van der Waals surface area (Å²) < 4.78 is 22.1. The molecule has 0 spiro atoms. The number of aliphatic carboxylic acids is 1. The van der Waals surface area contributed by atoms with Gasteiger partial charge in [0, 0.05) is 22.3 Å². The molecule has 158 valence electrons. The lowest BCUT2D eigenvalue weighted by molar-refractivity contribution is -0.138. The van der Waals surface area contributed by atoms with Crippen molar-refractivity contribution in [3.8, 4) is 5.69 Å². The number of hydrogen-bond donors (Lipinski definition) is 1. The number of alkyl halides is 1. The van der Waals surface area contributed by atoms with Crippen LogP contribution in [0.1, 0.15) is 12.8 Å². The Morgan fingerprint density at radius 3 is 2.97 bits per heavy atom. The highest BCUT2D eigenvalue weighted by molar-refractivity contribution is 9.10. The van der Waals surface area contributed by atoms with Crippen LogP contribution in [0.3, 0.4) is 0 Å². The maximum absolute atomic E-state index is 14.3. The molecule has 0 radical (unpaired) electrons. The molecule has 0 bridgehead atoms. The molecule has 30 heavy (non-hydrogen) atoms. The minimum Gasteiger partial charge on any atom is -0.481 e. The third kappa shape index (κ3) is 4.40. The van der Waals surface area contributed by atoms with E-state index in [1.165, 1.54) is 6.33 Å². The van der Waals surface area contributed by atoms with Crippen molar-refractivity contribution in [3.05, 3.63) is 40.3 Å². The molecule has 8 nitrogen and oxygen atoms in total. The maximum Gasteiger partial charge on any atom is 0.305 e. The number of halogens is 3. The maximum atomic E-state index is 14.3. The molecular formula is C19H18BrClFN5O3. The fourth-order valence-electron chi connectivity index (χ4n) is 3.54. The second kappa shape index (κ2) is 8.83. The summed E-state index contributed by atoms with van der Waals surface area (Å²) in [5, 5.41) is 14.3. The van der Waals surface area contributed by atoms with E-state index < -0.39 is 12.1 Å². The SMILES string of the molecule is O=C(O)CCOC[C@@H]1C[C@@H](F)CN1c1cc(-n2cncn2)c2cc(Cl)c(Br)cc2n1. The van der Waals surface area contributed by atoms with Crippen molar-refractivity contribution in [1.82, 2.24) is 19.7 Å². The summed E-state index contributed by atoms with van der Waals surface area (Å²) in [5.74, 6) is -0.353. The molecular weight excluding hydrogens is 481 g/mol. The van der Waals surface area contributed by atoms with E-state index in [4.69, 9.17) is 26.4 Å². The van der Waals surface area contributed by atoms with Gasteiger partial charge >= 0.3 is 5.97 Å². The van der Waals surface area contributed by atoms with E-state index in [2.05, 4.69) is 26.0 Å². The van der Waals surface area contributed by atoms with Crippen LogP contribution in [-0.4, -0.2) is 62.8 Å². The first-order valence-corrected chi connectivity index (χ1v) is 10.4. The Balaban J connectivity index is 1.70. The van der Waals surface area contributed by atoms with Crippen molar-refractivity contribution in [2.24, 2.45) is 0 Å². The van der Waals surface area contributed by atoms with E-state index in [-0.39, 0.29) is 38.6 Å². The van der Waals surface area contributed by atoms with Crippen molar-refractivity contribution in [2.75, 3.05) is 24.7 Å². The van der Waals surface area contributed by atoms with Crippen LogP contribution in [0.4, 0.5) is 10.2 Å². The van der Waals surface area contributed by atoms with Gasteiger partial charge in [0.25, 0.3) is 0 Å². The smallest absolute Gasteiger partial charge is 0.305 e. The van der Waals surface area contributed by atoms with Crippen molar-refractivity contribution >= 4 is 50.2 Å². The molecule has 0 saturated carbocycles. The van der Waals surface area contributed by atoms with Gasteiger partial charge in [0.15, 0.2) is 0 Å². The second-order valence-electron chi connectivity index (χ2n) is 6.98. The highest BCUT2D eigenvalue weighted by Gasteiger charge is 2.33. The predicted molar refractivity (Wildman–Crippen MR) is 113 cm³/mol. The predicted octanol–water partition coefficient (Wildman–Crippen LogP) is 3.64. The number of ether oxygens (including phenoxy) is 1. The number of fused-ring (bicyclic) bond motifs is 1. The molecule has 1 aromatic carbocycles. The first kappa shape index (κ1) is 21.0. The summed E-state index contributed by atoms with van der Waals surface area (Å²) in [6.45, 7) is 0.477. The van der Waals surface area contributed by atoms with Gasteiger partial charge in [0.2, 0.25) is 0 Å². The van der Waals surface area contributed by atoms with Crippen LogP contribution >= 0.6 is 27.5 Å². The monoisotopic (exact) mass is 497 g/mol. The van der Waals surface area contributed by atoms with Crippen LogP contribution in [0.25, 0.3) is 16.6 Å². The molecule has 0 unspecified atom stereocenters. The number of anilines is 1. The molecule has 0 amide bonds. The van der Waals surface area contributed by atoms with Gasteiger partial charge in [-0.25, -0.2) is 19.0 Å². The van der Waals surface area contributed by atoms with Crippen molar-refractivity contribution in [3.63, 3.8) is 0 Å². The first-order valence-electron chi connectivity index (χ1n) is 9.27. The number of hydrogen-bond acceptors (Lipinski definition) is 6. The summed E-state index contributed by atoms with van der Waals surface area (Å²) in [4.78, 5) is 21.3. The van der Waals surface area contributed by atoms with Crippen LogP contribution in [-0.2, 0) is 9.53 Å².